The fourth-order valence-electron chi connectivity index (χ4n) is 2.73. The highest BCUT2D eigenvalue weighted by Crippen LogP contribution is 2.40. The van der Waals surface area contributed by atoms with Gasteiger partial charge in [-0.2, -0.15) is 11.8 Å². The van der Waals surface area contributed by atoms with E-state index in [1.807, 2.05) is 11.8 Å². The molecule has 0 amide bonds. The van der Waals surface area contributed by atoms with E-state index in [9.17, 15) is 0 Å². The highest BCUT2D eigenvalue weighted by molar-refractivity contribution is 7.99. The third-order valence-electron chi connectivity index (χ3n) is 4.06. The van der Waals surface area contributed by atoms with Crippen molar-refractivity contribution < 1.29 is 0 Å². The lowest BCUT2D eigenvalue weighted by Gasteiger charge is -2.20. The molecule has 1 aliphatic heterocycles. The second kappa shape index (κ2) is 6.53. The van der Waals surface area contributed by atoms with Crippen LogP contribution in [-0.4, -0.2) is 22.3 Å². The molecule has 1 aliphatic rings. The molecule has 114 valence electrons. The van der Waals surface area contributed by atoms with Gasteiger partial charge in [0.2, 0.25) is 0 Å². The zero-order valence-corrected chi connectivity index (χ0v) is 14.7. The lowest BCUT2D eigenvalue weighted by Crippen LogP contribution is -2.10. The van der Waals surface area contributed by atoms with Crippen LogP contribution in [-0.2, 0) is 0 Å². The first-order chi connectivity index (χ1) is 10.2. The van der Waals surface area contributed by atoms with Crippen molar-refractivity contribution in [3.05, 3.63) is 16.3 Å². The summed E-state index contributed by atoms with van der Waals surface area (Å²) < 4.78 is 0. The highest BCUT2D eigenvalue weighted by atomic mass is 32.2. The van der Waals surface area contributed by atoms with Crippen molar-refractivity contribution in [2.24, 2.45) is 0 Å². The largest absolute Gasteiger partial charge is 0.369 e. The average Bonchev–Trinajstić information content (AvgIpc) is 2.80. The minimum absolute atomic E-state index is 0.480. The van der Waals surface area contributed by atoms with Gasteiger partial charge in [-0.1, -0.05) is 13.3 Å². The molecule has 21 heavy (non-hydrogen) atoms. The van der Waals surface area contributed by atoms with E-state index in [0.717, 1.165) is 29.4 Å². The first kappa shape index (κ1) is 15.1. The second-order valence-electron chi connectivity index (χ2n) is 5.68. The van der Waals surface area contributed by atoms with E-state index in [1.54, 1.807) is 11.3 Å². The number of nitrogens with one attached hydrogen (secondary N) is 1. The van der Waals surface area contributed by atoms with E-state index in [0.29, 0.717) is 5.25 Å². The quantitative estimate of drug-likeness (QED) is 0.851. The van der Waals surface area contributed by atoms with Crippen LogP contribution in [0.2, 0.25) is 0 Å². The number of rotatable bonds is 4. The van der Waals surface area contributed by atoms with Gasteiger partial charge in [-0.25, -0.2) is 9.97 Å². The Morgan fingerprint density at radius 3 is 2.81 bits per heavy atom. The summed E-state index contributed by atoms with van der Waals surface area (Å²) in [4.78, 5) is 12.3. The van der Waals surface area contributed by atoms with Crippen molar-refractivity contribution in [3.63, 3.8) is 0 Å². The number of hydrogen-bond donors (Lipinski definition) is 1. The number of hydrogen-bond acceptors (Lipinski definition) is 5. The van der Waals surface area contributed by atoms with Gasteiger partial charge < -0.3 is 5.32 Å². The minimum Gasteiger partial charge on any atom is -0.369 e. The maximum absolute atomic E-state index is 4.90. The van der Waals surface area contributed by atoms with Gasteiger partial charge in [0.1, 0.15) is 16.5 Å². The molecule has 0 aliphatic carbocycles. The number of fused-ring (bicyclic) bond motifs is 1. The van der Waals surface area contributed by atoms with Crippen LogP contribution in [0.5, 0.6) is 0 Å². The number of nitrogens with zero attached hydrogens (tertiary/aromatic N) is 2. The summed E-state index contributed by atoms with van der Waals surface area (Å²) >= 11 is 3.82. The zero-order chi connectivity index (χ0) is 14.8. The Morgan fingerprint density at radius 2 is 2.10 bits per heavy atom. The third-order valence-corrected chi connectivity index (χ3v) is 6.53. The van der Waals surface area contributed by atoms with E-state index in [4.69, 9.17) is 9.97 Å². The lowest BCUT2D eigenvalue weighted by atomic mass is 10.1. The molecular formula is C16H23N3S2. The molecule has 1 saturated heterocycles. The van der Waals surface area contributed by atoms with Crippen molar-refractivity contribution in [1.82, 2.24) is 9.97 Å². The van der Waals surface area contributed by atoms with Gasteiger partial charge in [-0.15, -0.1) is 11.3 Å². The molecule has 3 heterocycles. The Kier molecular flexibility index (Phi) is 4.69. The maximum Gasteiger partial charge on any atom is 0.145 e. The van der Waals surface area contributed by atoms with Gasteiger partial charge >= 0.3 is 0 Å². The minimum atomic E-state index is 0.480. The van der Waals surface area contributed by atoms with Crippen molar-refractivity contribution in [3.8, 4) is 0 Å². The summed E-state index contributed by atoms with van der Waals surface area (Å²) in [6, 6.07) is 0. The zero-order valence-electron chi connectivity index (χ0n) is 13.0. The van der Waals surface area contributed by atoms with Gasteiger partial charge in [0.05, 0.1) is 10.6 Å². The van der Waals surface area contributed by atoms with E-state index >= 15 is 0 Å². The average molecular weight is 322 g/mol. The van der Waals surface area contributed by atoms with Crippen LogP contribution in [0.3, 0.4) is 0 Å². The molecule has 0 saturated carbocycles. The SMILES string of the molecule is CCCNc1nc(C2CCCCS2)nc2sc(C)c(C)c12. The number of aromatic nitrogens is 2. The normalized spacial score (nSPS) is 19.1. The second-order valence-corrected chi connectivity index (χ2v) is 8.19. The summed E-state index contributed by atoms with van der Waals surface area (Å²) in [5, 5.41) is 5.23. The van der Waals surface area contributed by atoms with Crippen molar-refractivity contribution >= 4 is 39.1 Å². The van der Waals surface area contributed by atoms with Crippen LogP contribution >= 0.6 is 23.1 Å². The summed E-state index contributed by atoms with van der Waals surface area (Å²) in [7, 11) is 0. The van der Waals surface area contributed by atoms with E-state index in [2.05, 4.69) is 26.1 Å². The number of aryl methyl sites for hydroxylation is 2. The molecule has 0 spiro atoms. The Morgan fingerprint density at radius 1 is 1.24 bits per heavy atom. The number of thioether (sulfide) groups is 1. The fourth-order valence-corrected chi connectivity index (χ4v) is 5.01. The Labute approximate surface area is 135 Å². The number of thiophene rings is 1. The smallest absolute Gasteiger partial charge is 0.145 e. The van der Waals surface area contributed by atoms with Crippen LogP contribution in [0.4, 0.5) is 5.82 Å². The highest BCUT2D eigenvalue weighted by Gasteiger charge is 2.22. The Bertz CT molecular complexity index is 630. The predicted octanol–water partition coefficient (Wildman–Crippen LogP) is 5.09. The van der Waals surface area contributed by atoms with E-state index in [1.165, 1.54) is 40.8 Å². The van der Waals surface area contributed by atoms with Gasteiger partial charge in [0, 0.05) is 11.4 Å². The first-order valence-electron chi connectivity index (χ1n) is 7.83. The van der Waals surface area contributed by atoms with Gasteiger partial charge in [0.25, 0.3) is 0 Å². The molecule has 3 nitrogen and oxygen atoms in total. The van der Waals surface area contributed by atoms with Crippen LogP contribution in [0, 0.1) is 13.8 Å². The molecule has 0 aromatic carbocycles. The topological polar surface area (TPSA) is 37.8 Å². The summed E-state index contributed by atoms with van der Waals surface area (Å²) in [6.07, 6.45) is 4.97. The molecule has 2 aromatic heterocycles. The molecule has 1 atom stereocenters. The molecular weight excluding hydrogens is 298 g/mol. The predicted molar refractivity (Wildman–Crippen MR) is 94.7 cm³/mol. The van der Waals surface area contributed by atoms with Crippen LogP contribution in [0.25, 0.3) is 10.2 Å². The monoisotopic (exact) mass is 321 g/mol. The molecule has 3 rings (SSSR count). The van der Waals surface area contributed by atoms with Crippen molar-refractivity contribution in [2.75, 3.05) is 17.6 Å². The first-order valence-corrected chi connectivity index (χ1v) is 9.70. The van der Waals surface area contributed by atoms with Gasteiger partial charge in [-0.05, 0) is 44.4 Å². The molecule has 1 fully saturated rings. The molecule has 2 aromatic rings. The van der Waals surface area contributed by atoms with Crippen LogP contribution in [0.15, 0.2) is 0 Å². The number of anilines is 1. The lowest BCUT2D eigenvalue weighted by molar-refractivity contribution is 0.665. The summed E-state index contributed by atoms with van der Waals surface area (Å²) in [6.45, 7) is 7.52. The van der Waals surface area contributed by atoms with Crippen LogP contribution < -0.4 is 5.32 Å². The van der Waals surface area contributed by atoms with Gasteiger partial charge in [-0.3, -0.25) is 0 Å². The fraction of sp³-hybridized carbons (Fsp3) is 0.625. The van der Waals surface area contributed by atoms with Gasteiger partial charge in [0.15, 0.2) is 0 Å². The Hall–Kier alpha value is -0.810. The third kappa shape index (κ3) is 3.04. The van der Waals surface area contributed by atoms with Crippen molar-refractivity contribution in [2.45, 2.75) is 51.7 Å². The standard InChI is InChI=1S/C16H23N3S2/c1-4-8-17-15-13-10(2)11(3)21-16(13)19-14(18-15)12-7-5-6-9-20-12/h12H,4-9H2,1-3H3,(H,17,18,19). The van der Waals surface area contributed by atoms with Crippen LogP contribution in [0.1, 0.15) is 54.1 Å². The van der Waals surface area contributed by atoms with Crippen molar-refractivity contribution in [1.29, 1.82) is 0 Å². The summed E-state index contributed by atoms with van der Waals surface area (Å²) in [5.41, 5.74) is 1.33. The molecule has 5 heteroatoms. The molecule has 1 N–H and O–H groups in total. The molecule has 0 radical (unpaired) electrons. The maximum atomic E-state index is 4.90. The molecule has 0 bridgehead atoms. The van der Waals surface area contributed by atoms with E-state index in [-0.39, 0.29) is 0 Å². The van der Waals surface area contributed by atoms with E-state index < -0.39 is 0 Å². The Balaban J connectivity index is 2.05. The summed E-state index contributed by atoms with van der Waals surface area (Å²) in [5.74, 6) is 3.32. The molecule has 1 unspecified atom stereocenters.